The molecule has 0 aliphatic carbocycles. The summed E-state index contributed by atoms with van der Waals surface area (Å²) in [6.45, 7) is 11.6. The van der Waals surface area contributed by atoms with Gasteiger partial charge in [0.2, 0.25) is 0 Å². The monoisotopic (exact) mass is 183 g/mol. The van der Waals surface area contributed by atoms with Crippen LogP contribution in [0.25, 0.3) is 0 Å². The maximum Gasteiger partial charge on any atom is 0.100 e. The van der Waals surface area contributed by atoms with Crippen LogP contribution >= 0.6 is 0 Å². The van der Waals surface area contributed by atoms with Gasteiger partial charge >= 0.3 is 0 Å². The molecule has 0 fully saturated rings. The highest BCUT2D eigenvalue weighted by Gasteiger charge is 2.27. The molecule has 0 radical (unpaired) electrons. The maximum atomic E-state index is 2.41. The molecule has 13 heavy (non-hydrogen) atoms. The van der Waals surface area contributed by atoms with E-state index in [4.69, 9.17) is 0 Å². The molecule has 3 atom stereocenters. The van der Waals surface area contributed by atoms with Crippen LogP contribution < -0.4 is 0 Å². The summed E-state index contributed by atoms with van der Waals surface area (Å²) in [6, 6.07) is 0. The Balaban J connectivity index is 4.19. The molecule has 0 aromatic heterocycles. The minimum atomic E-state index is 0.842. The predicted molar refractivity (Wildman–Crippen MR) is 61.6 cm³/mol. The van der Waals surface area contributed by atoms with Gasteiger partial charge in [-0.15, -0.1) is 0 Å². The fourth-order valence-corrected chi connectivity index (χ4v) is 2.34. The van der Waals surface area contributed by atoms with E-state index in [0.717, 1.165) is 17.8 Å². The second-order valence-corrected chi connectivity index (χ2v) is 4.24. The van der Waals surface area contributed by atoms with Crippen LogP contribution in [0.1, 0.15) is 60.3 Å². The summed E-state index contributed by atoms with van der Waals surface area (Å²) in [5.41, 5.74) is 0. The molecule has 0 bridgehead atoms. The van der Waals surface area contributed by atoms with Gasteiger partial charge in [-0.25, -0.2) is 0 Å². The Hall–Kier alpha value is -0.130. The van der Waals surface area contributed by atoms with Gasteiger partial charge in [-0.3, -0.25) is 0 Å². The number of rotatable bonds is 7. The first-order valence-corrected chi connectivity index (χ1v) is 6.00. The lowest BCUT2D eigenvalue weighted by Crippen LogP contribution is -2.21. The van der Waals surface area contributed by atoms with Crippen molar-refractivity contribution in [1.29, 1.82) is 0 Å². The molecule has 0 heterocycles. The predicted octanol–water partition coefficient (Wildman–Crippen LogP) is 4.70. The van der Waals surface area contributed by atoms with Gasteiger partial charge in [-0.2, -0.15) is 0 Å². The molecule has 0 amide bonds. The molecule has 0 aromatic carbocycles. The van der Waals surface area contributed by atoms with Crippen molar-refractivity contribution in [3.63, 3.8) is 0 Å². The largest absolute Gasteiger partial charge is 0.100 e. The summed E-state index contributed by atoms with van der Waals surface area (Å²) in [4.78, 5) is 0. The van der Waals surface area contributed by atoms with E-state index in [1.54, 1.807) is 0 Å². The van der Waals surface area contributed by atoms with E-state index in [9.17, 15) is 0 Å². The molecule has 0 nitrogen and oxygen atoms in total. The molecule has 0 N–H and O–H groups in total. The van der Waals surface area contributed by atoms with Crippen molar-refractivity contribution in [2.75, 3.05) is 0 Å². The van der Waals surface area contributed by atoms with Gasteiger partial charge in [0, 0.05) is 5.92 Å². The molecule has 0 aliphatic heterocycles. The first kappa shape index (κ1) is 12.9. The molecular formula is C13H27+. The van der Waals surface area contributed by atoms with Gasteiger partial charge in [0.25, 0.3) is 0 Å². The van der Waals surface area contributed by atoms with Crippen molar-refractivity contribution in [3.05, 3.63) is 6.42 Å². The Morgan fingerprint density at radius 1 is 1.08 bits per heavy atom. The first-order valence-electron chi connectivity index (χ1n) is 6.00. The van der Waals surface area contributed by atoms with Crippen LogP contribution in [0.5, 0.6) is 0 Å². The van der Waals surface area contributed by atoms with Crippen molar-refractivity contribution in [2.24, 2.45) is 17.8 Å². The van der Waals surface area contributed by atoms with E-state index in [0.29, 0.717) is 0 Å². The molecule has 3 unspecified atom stereocenters. The molecule has 0 saturated carbocycles. The second kappa shape index (κ2) is 7.29. The third-order valence-electron chi connectivity index (χ3n) is 3.45. The Kier molecular flexibility index (Phi) is 7.22. The highest BCUT2D eigenvalue weighted by molar-refractivity contribution is 4.80. The lowest BCUT2D eigenvalue weighted by Gasteiger charge is -2.25. The smallest absolute Gasteiger partial charge is 0.0654 e. The zero-order chi connectivity index (χ0) is 10.3. The fourth-order valence-electron chi connectivity index (χ4n) is 2.34. The number of hydrogen-bond acceptors (Lipinski definition) is 0. The average Bonchev–Trinajstić information content (AvgIpc) is 2.17. The van der Waals surface area contributed by atoms with Crippen LogP contribution in [-0.2, 0) is 0 Å². The van der Waals surface area contributed by atoms with Gasteiger partial charge in [0.05, 0.1) is 13.3 Å². The van der Waals surface area contributed by atoms with Crippen molar-refractivity contribution in [3.8, 4) is 0 Å². The average molecular weight is 183 g/mol. The second-order valence-electron chi connectivity index (χ2n) is 4.24. The van der Waals surface area contributed by atoms with Crippen molar-refractivity contribution >= 4 is 0 Å². The summed E-state index contributed by atoms with van der Waals surface area (Å²) in [6.07, 6.45) is 7.78. The maximum absolute atomic E-state index is 2.41. The third kappa shape index (κ3) is 4.06. The van der Waals surface area contributed by atoms with E-state index in [1.165, 1.54) is 25.7 Å². The van der Waals surface area contributed by atoms with Crippen LogP contribution in [-0.4, -0.2) is 0 Å². The Morgan fingerprint density at radius 3 is 2.00 bits per heavy atom. The Morgan fingerprint density at radius 2 is 1.69 bits per heavy atom. The van der Waals surface area contributed by atoms with Crippen LogP contribution in [0.4, 0.5) is 0 Å². The molecule has 0 saturated heterocycles. The van der Waals surface area contributed by atoms with Crippen LogP contribution in [0.2, 0.25) is 0 Å². The summed E-state index contributed by atoms with van der Waals surface area (Å²) in [5.74, 6) is 2.65. The summed E-state index contributed by atoms with van der Waals surface area (Å²) in [7, 11) is 0. The Labute approximate surface area is 85.1 Å². The van der Waals surface area contributed by atoms with Gasteiger partial charge in [0.1, 0.15) is 5.92 Å². The number of hydrogen-bond donors (Lipinski definition) is 0. The lowest BCUT2D eigenvalue weighted by atomic mass is 9.76. The molecular weight excluding hydrogens is 156 g/mol. The van der Waals surface area contributed by atoms with Crippen molar-refractivity contribution in [2.45, 2.75) is 60.3 Å². The minimum absolute atomic E-state index is 0.842. The summed E-state index contributed by atoms with van der Waals surface area (Å²) < 4.78 is 0. The molecule has 0 rings (SSSR count). The fraction of sp³-hybridized carbons (Fsp3) is 0.923. The lowest BCUT2D eigenvalue weighted by molar-refractivity contribution is 0.235. The molecule has 0 aromatic rings. The zero-order valence-corrected chi connectivity index (χ0v) is 10.1. The SMILES string of the molecule is C[CH+]C(CC)C(CCC)C(C)CC. The molecule has 0 heteroatoms. The highest BCUT2D eigenvalue weighted by atomic mass is 14.3. The van der Waals surface area contributed by atoms with E-state index >= 15 is 0 Å². The Bertz CT molecular complexity index is 103. The molecule has 0 spiro atoms. The topological polar surface area (TPSA) is 0 Å². The van der Waals surface area contributed by atoms with E-state index in [2.05, 4.69) is 41.0 Å². The molecule has 0 aliphatic rings. The zero-order valence-electron chi connectivity index (χ0n) is 10.1. The van der Waals surface area contributed by atoms with Crippen LogP contribution in [0.3, 0.4) is 0 Å². The highest BCUT2D eigenvalue weighted by Crippen LogP contribution is 2.31. The van der Waals surface area contributed by atoms with Crippen LogP contribution in [0.15, 0.2) is 0 Å². The normalized spacial score (nSPS) is 17.9. The summed E-state index contributed by atoms with van der Waals surface area (Å²) in [5, 5.41) is 0. The van der Waals surface area contributed by atoms with E-state index < -0.39 is 0 Å². The third-order valence-corrected chi connectivity index (χ3v) is 3.45. The quantitative estimate of drug-likeness (QED) is 0.502. The van der Waals surface area contributed by atoms with Gasteiger partial charge in [-0.05, 0) is 18.8 Å². The van der Waals surface area contributed by atoms with E-state index in [1.807, 2.05) is 0 Å². The summed E-state index contributed by atoms with van der Waals surface area (Å²) >= 11 is 0. The van der Waals surface area contributed by atoms with Crippen molar-refractivity contribution in [1.82, 2.24) is 0 Å². The minimum Gasteiger partial charge on any atom is -0.0654 e. The van der Waals surface area contributed by atoms with Crippen molar-refractivity contribution < 1.29 is 0 Å². The van der Waals surface area contributed by atoms with Crippen LogP contribution in [0, 0.1) is 24.2 Å². The van der Waals surface area contributed by atoms with Gasteiger partial charge in [-0.1, -0.05) is 40.5 Å². The van der Waals surface area contributed by atoms with Gasteiger partial charge in [0.15, 0.2) is 0 Å². The van der Waals surface area contributed by atoms with E-state index in [-0.39, 0.29) is 0 Å². The molecule has 78 valence electrons. The first-order chi connectivity index (χ1) is 6.21. The standard InChI is InChI=1S/C13H27/c1-6-10-13(11(5)7-2)12(8-3)9-4/h8,11-13H,6-7,9-10H2,1-5H3/q+1. The van der Waals surface area contributed by atoms with Gasteiger partial charge < -0.3 is 0 Å².